The highest BCUT2D eigenvalue weighted by Crippen LogP contribution is 2.48. The van der Waals surface area contributed by atoms with Crippen LogP contribution in [0.25, 0.3) is 0 Å². The van der Waals surface area contributed by atoms with Gasteiger partial charge in [-0.2, -0.15) is 0 Å². The minimum absolute atomic E-state index is 0.00131. The van der Waals surface area contributed by atoms with Gasteiger partial charge in [-0.3, -0.25) is 9.05 Å². The van der Waals surface area contributed by atoms with Crippen LogP contribution in [0.15, 0.2) is 24.3 Å². The van der Waals surface area contributed by atoms with Gasteiger partial charge >= 0.3 is 7.82 Å². The molecule has 0 aliphatic heterocycles. The third kappa shape index (κ3) is 5.30. The fraction of sp³-hybridized carbons (Fsp3) is 0.500. The van der Waals surface area contributed by atoms with E-state index in [1.807, 2.05) is 19.1 Å². The molecule has 1 rings (SSSR count). The van der Waals surface area contributed by atoms with Gasteiger partial charge in [0.2, 0.25) is 0 Å². The number of benzene rings is 1. The number of hydrogen-bond acceptors (Lipinski definition) is 6. The zero-order valence-corrected chi connectivity index (χ0v) is 12.1. The molecule has 0 aliphatic rings. The van der Waals surface area contributed by atoms with Crippen molar-refractivity contribution in [3.63, 3.8) is 0 Å². The molecule has 0 fully saturated rings. The van der Waals surface area contributed by atoms with Crippen molar-refractivity contribution in [2.24, 2.45) is 5.73 Å². The van der Waals surface area contributed by atoms with Gasteiger partial charge in [-0.25, -0.2) is 4.57 Å². The lowest BCUT2D eigenvalue weighted by atomic mass is 10.0. The van der Waals surface area contributed by atoms with Gasteiger partial charge in [0.05, 0.1) is 13.2 Å². The van der Waals surface area contributed by atoms with E-state index in [0.29, 0.717) is 5.56 Å². The van der Waals surface area contributed by atoms with Crippen LogP contribution in [0.3, 0.4) is 0 Å². The summed E-state index contributed by atoms with van der Waals surface area (Å²) in [4.78, 5) is 9.58. The summed E-state index contributed by atoms with van der Waals surface area (Å²) in [7, 11) is -4.37. The fourth-order valence-electron chi connectivity index (χ4n) is 1.60. The molecule has 114 valence electrons. The molecular weight excluding hydrogens is 285 g/mol. The van der Waals surface area contributed by atoms with Gasteiger partial charge in [-0.15, -0.1) is 0 Å². The first-order chi connectivity index (χ1) is 9.39. The van der Waals surface area contributed by atoms with E-state index in [0.717, 1.165) is 5.56 Å². The second kappa shape index (κ2) is 7.85. The number of hydrogen-bond donors (Lipinski definition) is 4. The van der Waals surface area contributed by atoms with Crippen LogP contribution in [0.1, 0.15) is 17.2 Å². The second-order valence-electron chi connectivity index (χ2n) is 4.29. The number of aryl methyl sites for hydroxylation is 1. The van der Waals surface area contributed by atoms with Crippen LogP contribution in [0, 0.1) is 6.92 Å². The van der Waals surface area contributed by atoms with Crippen molar-refractivity contribution >= 4 is 7.82 Å². The Morgan fingerprint density at radius 2 is 2.05 bits per heavy atom. The van der Waals surface area contributed by atoms with Crippen molar-refractivity contribution in [2.75, 3.05) is 19.8 Å². The molecule has 20 heavy (non-hydrogen) atoms. The molecule has 0 radical (unpaired) electrons. The Morgan fingerprint density at radius 1 is 1.40 bits per heavy atom. The zero-order chi connectivity index (χ0) is 15.2. The van der Waals surface area contributed by atoms with Crippen molar-refractivity contribution in [3.8, 4) is 0 Å². The first-order valence-corrected chi connectivity index (χ1v) is 7.59. The summed E-state index contributed by atoms with van der Waals surface area (Å²) in [6.45, 7) is 0.759. The minimum Gasteiger partial charge on any atom is -0.394 e. The van der Waals surface area contributed by atoms with Gasteiger partial charge in [-0.05, 0) is 18.1 Å². The Labute approximate surface area is 117 Å². The van der Waals surface area contributed by atoms with Crippen molar-refractivity contribution in [3.05, 3.63) is 35.4 Å². The van der Waals surface area contributed by atoms with E-state index in [-0.39, 0.29) is 6.54 Å². The van der Waals surface area contributed by atoms with Gasteiger partial charge in [0.1, 0.15) is 12.2 Å². The maximum Gasteiger partial charge on any atom is 0.472 e. The largest absolute Gasteiger partial charge is 0.472 e. The van der Waals surface area contributed by atoms with E-state index in [2.05, 4.69) is 4.52 Å². The average molecular weight is 305 g/mol. The van der Waals surface area contributed by atoms with Crippen LogP contribution in [0.4, 0.5) is 0 Å². The van der Waals surface area contributed by atoms with Gasteiger partial charge in [0.15, 0.2) is 0 Å². The van der Waals surface area contributed by atoms with Gasteiger partial charge in [0.25, 0.3) is 0 Å². The molecule has 5 N–H and O–H groups in total. The number of aliphatic hydroxyl groups excluding tert-OH is 2. The predicted molar refractivity (Wildman–Crippen MR) is 72.9 cm³/mol. The molecule has 3 atom stereocenters. The van der Waals surface area contributed by atoms with E-state index in [9.17, 15) is 9.46 Å². The first-order valence-electron chi connectivity index (χ1n) is 6.10. The van der Waals surface area contributed by atoms with E-state index < -0.39 is 33.2 Å². The Hall–Kier alpha value is -0.790. The molecule has 7 nitrogen and oxygen atoms in total. The molecule has 1 aromatic carbocycles. The van der Waals surface area contributed by atoms with Crippen LogP contribution in [-0.4, -0.2) is 41.0 Å². The molecule has 0 aromatic heterocycles. The maximum absolute atomic E-state index is 11.8. The monoisotopic (exact) mass is 305 g/mol. The number of phosphoric ester groups is 1. The molecule has 0 saturated carbocycles. The Balaban J connectivity index is 2.73. The molecule has 8 heteroatoms. The molecular formula is C12H20NO6P. The molecule has 0 bridgehead atoms. The average Bonchev–Trinajstić information content (AvgIpc) is 2.43. The lowest BCUT2D eigenvalue weighted by molar-refractivity contribution is 0.0293. The van der Waals surface area contributed by atoms with Crippen molar-refractivity contribution in [2.45, 2.75) is 19.1 Å². The van der Waals surface area contributed by atoms with Crippen LogP contribution in [0.5, 0.6) is 0 Å². The Morgan fingerprint density at radius 3 is 2.60 bits per heavy atom. The Kier molecular flexibility index (Phi) is 6.78. The smallest absolute Gasteiger partial charge is 0.394 e. The second-order valence-corrected chi connectivity index (χ2v) is 5.69. The van der Waals surface area contributed by atoms with E-state index in [1.54, 1.807) is 12.1 Å². The summed E-state index contributed by atoms with van der Waals surface area (Å²) in [6.07, 6.45) is -2.04. The fourth-order valence-corrected chi connectivity index (χ4v) is 2.54. The summed E-state index contributed by atoms with van der Waals surface area (Å²) >= 11 is 0. The van der Waals surface area contributed by atoms with E-state index in [1.165, 1.54) is 0 Å². The minimum atomic E-state index is -4.37. The molecule has 0 spiro atoms. The standard InChI is InChI=1S/C12H20NO6P/c1-9-4-2-3-5-11(9)12(6-13)19-20(16,17)18-8-10(15)7-14/h2-5,10,12,14-15H,6-8,13H2,1H3,(H,16,17)/t10-,12?/m1/s1. The summed E-state index contributed by atoms with van der Waals surface area (Å²) in [5.41, 5.74) is 7.12. The predicted octanol–water partition coefficient (Wildman–Crippen LogP) is 0.482. The summed E-state index contributed by atoms with van der Waals surface area (Å²) in [5.74, 6) is 0. The molecule has 0 saturated heterocycles. The summed E-state index contributed by atoms with van der Waals surface area (Å²) in [6, 6.07) is 7.18. The maximum atomic E-state index is 11.8. The van der Waals surface area contributed by atoms with E-state index >= 15 is 0 Å². The highest BCUT2D eigenvalue weighted by Gasteiger charge is 2.28. The van der Waals surface area contributed by atoms with Crippen LogP contribution < -0.4 is 5.73 Å². The summed E-state index contributed by atoms with van der Waals surface area (Å²) < 4.78 is 21.4. The zero-order valence-electron chi connectivity index (χ0n) is 11.2. The molecule has 0 aliphatic carbocycles. The highest BCUT2D eigenvalue weighted by atomic mass is 31.2. The highest BCUT2D eigenvalue weighted by molar-refractivity contribution is 7.47. The first kappa shape index (κ1) is 17.3. The van der Waals surface area contributed by atoms with E-state index in [4.69, 9.17) is 20.5 Å². The lowest BCUT2D eigenvalue weighted by Crippen LogP contribution is -2.20. The number of phosphoric acid groups is 1. The lowest BCUT2D eigenvalue weighted by Gasteiger charge is -2.21. The number of nitrogens with two attached hydrogens (primary N) is 1. The normalized spacial score (nSPS) is 17.4. The third-order valence-electron chi connectivity index (χ3n) is 2.65. The van der Waals surface area contributed by atoms with Gasteiger partial charge < -0.3 is 20.8 Å². The molecule has 0 heterocycles. The van der Waals surface area contributed by atoms with Crippen LogP contribution in [0.2, 0.25) is 0 Å². The van der Waals surface area contributed by atoms with Gasteiger partial charge in [-0.1, -0.05) is 24.3 Å². The topological polar surface area (TPSA) is 122 Å². The number of aliphatic hydroxyl groups is 2. The van der Waals surface area contributed by atoms with Crippen LogP contribution in [-0.2, 0) is 13.6 Å². The molecule has 2 unspecified atom stereocenters. The molecule has 0 amide bonds. The van der Waals surface area contributed by atoms with Crippen molar-refractivity contribution in [1.29, 1.82) is 0 Å². The summed E-state index contributed by atoms with van der Waals surface area (Å²) in [5, 5.41) is 17.7. The van der Waals surface area contributed by atoms with Crippen molar-refractivity contribution < 1.29 is 28.7 Å². The third-order valence-corrected chi connectivity index (χ3v) is 3.65. The number of rotatable bonds is 8. The Bertz CT molecular complexity index is 469. The van der Waals surface area contributed by atoms with Crippen molar-refractivity contribution in [1.82, 2.24) is 0 Å². The van der Waals surface area contributed by atoms with Gasteiger partial charge in [0, 0.05) is 6.54 Å². The SMILES string of the molecule is Cc1ccccc1C(CN)OP(=O)(O)OC[C@H](O)CO. The van der Waals surface area contributed by atoms with Crippen LogP contribution >= 0.6 is 7.82 Å². The molecule has 1 aromatic rings. The quantitative estimate of drug-likeness (QED) is 0.515.